The molecule has 1 saturated heterocycles. The van der Waals surface area contributed by atoms with Crippen LogP contribution in [0.15, 0.2) is 24.3 Å². The lowest BCUT2D eigenvalue weighted by Gasteiger charge is -2.14. The van der Waals surface area contributed by atoms with Gasteiger partial charge in [-0.2, -0.15) is 0 Å². The molecule has 0 aromatic heterocycles. The van der Waals surface area contributed by atoms with Crippen LogP contribution >= 0.6 is 0 Å². The van der Waals surface area contributed by atoms with Crippen LogP contribution in [0.2, 0.25) is 0 Å². The van der Waals surface area contributed by atoms with Gasteiger partial charge in [0.15, 0.2) is 5.78 Å². The number of ketones is 1. The normalized spacial score (nSPS) is 24.2. The molecule has 2 nitrogen and oxygen atoms in total. The molecule has 0 amide bonds. The molecule has 1 aromatic carbocycles. The van der Waals surface area contributed by atoms with Gasteiger partial charge in [0.05, 0.1) is 0 Å². The van der Waals surface area contributed by atoms with Crippen LogP contribution in [0.3, 0.4) is 0 Å². The summed E-state index contributed by atoms with van der Waals surface area (Å²) in [6, 6.07) is 8.18. The van der Waals surface area contributed by atoms with Crippen LogP contribution in [0.25, 0.3) is 0 Å². The number of rotatable bonds is 2. The first kappa shape index (κ1) is 11.3. The number of carbonyl (C=O) groups is 1. The molecule has 0 unspecified atom stereocenters. The van der Waals surface area contributed by atoms with Crippen molar-refractivity contribution in [1.82, 2.24) is 0 Å². The maximum absolute atomic E-state index is 12.0. The van der Waals surface area contributed by atoms with Gasteiger partial charge in [0.1, 0.15) is 12.2 Å². The van der Waals surface area contributed by atoms with Crippen LogP contribution in [0.4, 0.5) is 0 Å². The minimum absolute atomic E-state index is 0.0210. The first-order valence-electron chi connectivity index (χ1n) is 5.66. The van der Waals surface area contributed by atoms with Crippen molar-refractivity contribution in [1.29, 1.82) is 0 Å². The molecular formula is C14H18O2. The maximum atomic E-state index is 12.0. The molecule has 2 heteroatoms. The Kier molecular flexibility index (Phi) is 2.62. The highest BCUT2D eigenvalue weighted by molar-refractivity contribution is 5.90. The molecule has 0 bridgehead atoms. The molecule has 0 saturated carbocycles. The lowest BCUT2D eigenvalue weighted by molar-refractivity contribution is -0.127. The Morgan fingerprint density at radius 2 is 1.75 bits per heavy atom. The van der Waals surface area contributed by atoms with Gasteiger partial charge in [-0.3, -0.25) is 4.79 Å². The first-order valence-corrected chi connectivity index (χ1v) is 5.66. The summed E-state index contributed by atoms with van der Waals surface area (Å²) in [5, 5.41) is 0. The van der Waals surface area contributed by atoms with Crippen LogP contribution in [-0.4, -0.2) is 11.9 Å². The largest absolute Gasteiger partial charge is 0.356 e. The van der Waals surface area contributed by atoms with Crippen LogP contribution in [-0.2, 0) is 9.53 Å². The summed E-state index contributed by atoms with van der Waals surface area (Å²) >= 11 is 0. The second kappa shape index (κ2) is 3.70. The van der Waals surface area contributed by atoms with E-state index in [1.807, 2.05) is 32.9 Å². The average Bonchev–Trinajstić information content (AvgIpc) is 2.96. The van der Waals surface area contributed by atoms with Gasteiger partial charge in [-0.25, -0.2) is 0 Å². The van der Waals surface area contributed by atoms with Gasteiger partial charge in [-0.1, -0.05) is 50.6 Å². The Hall–Kier alpha value is -1.15. The summed E-state index contributed by atoms with van der Waals surface area (Å²) in [6.45, 7) is 7.85. The molecule has 1 aliphatic heterocycles. The van der Waals surface area contributed by atoms with Crippen molar-refractivity contribution in [2.24, 2.45) is 5.41 Å². The smallest absolute Gasteiger partial charge is 0.169 e. The second-order valence-electron chi connectivity index (χ2n) is 5.50. The number of ether oxygens (including phenoxy) is 1. The lowest BCUT2D eigenvalue weighted by atomic mass is 9.87. The minimum atomic E-state index is -0.315. The quantitative estimate of drug-likeness (QED) is 0.714. The molecule has 2 rings (SSSR count). The average molecular weight is 218 g/mol. The highest BCUT2D eigenvalue weighted by atomic mass is 16.6. The highest BCUT2D eigenvalue weighted by Crippen LogP contribution is 2.42. The third kappa shape index (κ3) is 2.17. The Labute approximate surface area is 96.6 Å². The Morgan fingerprint density at radius 1 is 1.19 bits per heavy atom. The molecule has 86 valence electrons. The van der Waals surface area contributed by atoms with Crippen LogP contribution in [0.1, 0.15) is 38.0 Å². The van der Waals surface area contributed by atoms with E-state index in [2.05, 4.69) is 19.1 Å². The Bertz CT molecular complexity index is 398. The highest BCUT2D eigenvalue weighted by Gasteiger charge is 2.49. The fraction of sp³-hybridized carbons (Fsp3) is 0.500. The van der Waals surface area contributed by atoms with E-state index in [1.54, 1.807) is 0 Å². The van der Waals surface area contributed by atoms with Crippen molar-refractivity contribution in [3.05, 3.63) is 35.4 Å². The van der Waals surface area contributed by atoms with Crippen LogP contribution < -0.4 is 0 Å². The standard InChI is InChI=1S/C14H18O2/c1-9-5-7-10(8-6-9)11-12(16-11)13(15)14(2,3)4/h5-8,11-12H,1-4H3/t11-,12+/m0/s1. The fourth-order valence-electron chi connectivity index (χ4n) is 1.75. The summed E-state index contributed by atoms with van der Waals surface area (Å²) in [5.74, 6) is 0.193. The number of epoxide rings is 1. The van der Waals surface area contributed by atoms with Gasteiger partial charge >= 0.3 is 0 Å². The van der Waals surface area contributed by atoms with Gasteiger partial charge in [0, 0.05) is 5.41 Å². The van der Waals surface area contributed by atoms with Gasteiger partial charge < -0.3 is 4.74 Å². The van der Waals surface area contributed by atoms with Gasteiger partial charge in [-0.05, 0) is 12.5 Å². The third-order valence-corrected chi connectivity index (χ3v) is 2.90. The summed E-state index contributed by atoms with van der Waals surface area (Å²) in [7, 11) is 0. The zero-order chi connectivity index (χ0) is 11.9. The molecule has 1 aliphatic rings. The zero-order valence-corrected chi connectivity index (χ0v) is 10.3. The predicted molar refractivity (Wildman–Crippen MR) is 63.3 cm³/mol. The Morgan fingerprint density at radius 3 is 2.25 bits per heavy atom. The van der Waals surface area contributed by atoms with Gasteiger partial charge in [0.25, 0.3) is 0 Å². The van der Waals surface area contributed by atoms with E-state index in [-0.39, 0.29) is 23.4 Å². The minimum Gasteiger partial charge on any atom is -0.356 e. The van der Waals surface area contributed by atoms with Crippen molar-refractivity contribution >= 4 is 5.78 Å². The number of carbonyl (C=O) groups excluding carboxylic acids is 1. The molecule has 1 fully saturated rings. The topological polar surface area (TPSA) is 29.6 Å². The van der Waals surface area contributed by atoms with E-state index in [9.17, 15) is 4.79 Å². The summed E-state index contributed by atoms with van der Waals surface area (Å²) in [5.41, 5.74) is 2.01. The lowest BCUT2D eigenvalue weighted by Crippen LogP contribution is -2.25. The van der Waals surface area contributed by atoms with Crippen LogP contribution in [0.5, 0.6) is 0 Å². The van der Waals surface area contributed by atoms with E-state index in [1.165, 1.54) is 5.56 Å². The second-order valence-corrected chi connectivity index (χ2v) is 5.50. The van der Waals surface area contributed by atoms with Gasteiger partial charge in [0.2, 0.25) is 0 Å². The third-order valence-electron chi connectivity index (χ3n) is 2.90. The predicted octanol–water partition coefficient (Wildman–Crippen LogP) is 3.05. The molecule has 0 spiro atoms. The number of hydrogen-bond donors (Lipinski definition) is 0. The zero-order valence-electron chi connectivity index (χ0n) is 10.3. The molecule has 1 aromatic rings. The molecule has 2 atom stereocenters. The number of aryl methyl sites for hydroxylation is 1. The Balaban J connectivity index is 2.07. The van der Waals surface area contributed by atoms with E-state index in [0.29, 0.717) is 0 Å². The van der Waals surface area contributed by atoms with E-state index >= 15 is 0 Å². The van der Waals surface area contributed by atoms with Crippen LogP contribution in [0, 0.1) is 12.3 Å². The monoisotopic (exact) mass is 218 g/mol. The van der Waals surface area contributed by atoms with Crippen molar-refractivity contribution in [2.75, 3.05) is 0 Å². The summed E-state index contributed by atoms with van der Waals surface area (Å²) < 4.78 is 5.48. The first-order chi connectivity index (χ1) is 7.39. The summed E-state index contributed by atoms with van der Waals surface area (Å²) in [4.78, 5) is 12.0. The molecule has 0 radical (unpaired) electrons. The number of benzene rings is 1. The number of Topliss-reactive ketones (excluding diaryl/α,β-unsaturated/α-hetero) is 1. The molecule has 16 heavy (non-hydrogen) atoms. The van der Waals surface area contributed by atoms with E-state index in [0.717, 1.165) is 5.56 Å². The van der Waals surface area contributed by atoms with Gasteiger partial charge in [-0.15, -0.1) is 0 Å². The SMILES string of the molecule is Cc1ccc([C@@H]2O[C@H]2C(=O)C(C)(C)C)cc1. The molecule has 0 N–H and O–H groups in total. The number of hydrogen-bond acceptors (Lipinski definition) is 2. The van der Waals surface area contributed by atoms with E-state index in [4.69, 9.17) is 4.74 Å². The van der Waals surface area contributed by atoms with Crippen molar-refractivity contribution < 1.29 is 9.53 Å². The molecular weight excluding hydrogens is 200 g/mol. The van der Waals surface area contributed by atoms with Crippen molar-refractivity contribution in [2.45, 2.75) is 39.9 Å². The maximum Gasteiger partial charge on any atom is 0.169 e. The molecule has 1 heterocycles. The molecule has 0 aliphatic carbocycles. The van der Waals surface area contributed by atoms with Crippen molar-refractivity contribution in [3.63, 3.8) is 0 Å². The fourth-order valence-corrected chi connectivity index (χ4v) is 1.75. The van der Waals surface area contributed by atoms with E-state index < -0.39 is 0 Å². The summed E-state index contributed by atoms with van der Waals surface area (Å²) in [6.07, 6.45) is -0.255. The van der Waals surface area contributed by atoms with Crippen molar-refractivity contribution in [3.8, 4) is 0 Å².